The van der Waals surface area contributed by atoms with Gasteiger partial charge in [0.05, 0.1) is 6.34 Å². The van der Waals surface area contributed by atoms with Crippen molar-refractivity contribution in [1.82, 2.24) is 5.32 Å². The van der Waals surface area contributed by atoms with Crippen LogP contribution in [0.4, 0.5) is 0 Å². The molecule has 4 N–H and O–H groups in total. The smallest absolute Gasteiger partial charge is 0.0791 e. The molecule has 0 aliphatic rings. The largest absolute Gasteiger partial charge is 0.377 e. The Balaban J connectivity index is 2.70. The average Bonchev–Trinajstić information content (AvgIpc) is 1.97. The zero-order valence-corrected chi connectivity index (χ0v) is 6.40. The Hall–Kier alpha value is -0.570. The van der Waals surface area contributed by atoms with Crippen LogP contribution < -0.4 is 11.1 Å². The van der Waals surface area contributed by atoms with E-state index in [4.69, 9.17) is 11.1 Å². The Bertz CT molecular complexity index is 73.3. The van der Waals surface area contributed by atoms with E-state index < -0.39 is 0 Å². The van der Waals surface area contributed by atoms with E-state index in [1.165, 1.54) is 19.2 Å². The third-order valence-electron chi connectivity index (χ3n) is 1.38. The fraction of sp³-hybridized carbons (Fsp3) is 0.857. The minimum atomic E-state index is 0.804. The Labute approximate surface area is 62.5 Å². The third kappa shape index (κ3) is 7.43. The summed E-state index contributed by atoms with van der Waals surface area (Å²) in [4.78, 5) is 0. The molecule has 0 aromatic carbocycles. The molecular formula is C7H17N3. The molecule has 0 heterocycles. The zero-order chi connectivity index (χ0) is 7.66. The number of nitrogens with two attached hydrogens (primary N) is 1. The molecule has 3 nitrogen and oxygen atoms in total. The highest BCUT2D eigenvalue weighted by molar-refractivity contribution is 5.49. The van der Waals surface area contributed by atoms with Crippen molar-refractivity contribution < 1.29 is 0 Å². The van der Waals surface area contributed by atoms with Crippen LogP contribution in [0.3, 0.4) is 0 Å². The van der Waals surface area contributed by atoms with Crippen LogP contribution in [0.25, 0.3) is 0 Å². The van der Waals surface area contributed by atoms with Gasteiger partial charge in [0.15, 0.2) is 0 Å². The normalized spacial score (nSPS) is 9.30. The summed E-state index contributed by atoms with van der Waals surface area (Å²) in [5.74, 6) is 0. The van der Waals surface area contributed by atoms with E-state index in [9.17, 15) is 0 Å². The monoisotopic (exact) mass is 143 g/mol. The first kappa shape index (κ1) is 9.43. The van der Waals surface area contributed by atoms with Crippen LogP contribution in [0, 0.1) is 5.41 Å². The van der Waals surface area contributed by atoms with Gasteiger partial charge in [-0.3, -0.25) is 5.41 Å². The van der Waals surface area contributed by atoms with E-state index in [1.54, 1.807) is 0 Å². The van der Waals surface area contributed by atoms with Crippen LogP contribution >= 0.6 is 0 Å². The molecule has 0 rings (SSSR count). The minimum absolute atomic E-state index is 0.804. The number of rotatable bonds is 7. The Morgan fingerprint density at radius 2 is 1.90 bits per heavy atom. The predicted molar refractivity (Wildman–Crippen MR) is 44.3 cm³/mol. The lowest BCUT2D eigenvalue weighted by Crippen LogP contribution is -2.11. The summed E-state index contributed by atoms with van der Waals surface area (Å²) < 4.78 is 0. The van der Waals surface area contributed by atoms with Crippen molar-refractivity contribution in [3.8, 4) is 0 Å². The first-order valence-electron chi connectivity index (χ1n) is 3.84. The van der Waals surface area contributed by atoms with Crippen molar-refractivity contribution in [2.24, 2.45) is 5.73 Å². The summed E-state index contributed by atoms with van der Waals surface area (Å²) in [7, 11) is 0. The molecule has 10 heavy (non-hydrogen) atoms. The van der Waals surface area contributed by atoms with Gasteiger partial charge in [0, 0.05) is 6.54 Å². The Morgan fingerprint density at radius 3 is 2.50 bits per heavy atom. The van der Waals surface area contributed by atoms with Gasteiger partial charge in [-0.15, -0.1) is 0 Å². The fourth-order valence-electron chi connectivity index (χ4n) is 0.797. The highest BCUT2D eigenvalue weighted by atomic mass is 14.9. The van der Waals surface area contributed by atoms with E-state index in [0.29, 0.717) is 0 Å². The lowest BCUT2D eigenvalue weighted by Gasteiger charge is -1.98. The third-order valence-corrected chi connectivity index (χ3v) is 1.38. The molecule has 0 bridgehead atoms. The summed E-state index contributed by atoms with van der Waals surface area (Å²) in [6, 6.07) is 0. The average molecular weight is 143 g/mol. The second-order valence-electron chi connectivity index (χ2n) is 2.30. The molecule has 0 radical (unpaired) electrons. The van der Waals surface area contributed by atoms with Gasteiger partial charge in [-0.2, -0.15) is 0 Å². The molecule has 0 aliphatic carbocycles. The van der Waals surface area contributed by atoms with Crippen molar-refractivity contribution >= 4 is 6.34 Å². The van der Waals surface area contributed by atoms with E-state index in [-0.39, 0.29) is 0 Å². The van der Waals surface area contributed by atoms with E-state index in [1.807, 2.05) is 0 Å². The maximum absolute atomic E-state index is 6.66. The van der Waals surface area contributed by atoms with Gasteiger partial charge in [0.25, 0.3) is 0 Å². The molecule has 60 valence electrons. The van der Waals surface area contributed by atoms with Crippen molar-refractivity contribution in [3.05, 3.63) is 0 Å². The molecule has 0 spiro atoms. The number of hydrogen-bond acceptors (Lipinski definition) is 2. The number of nitrogens with one attached hydrogen (secondary N) is 2. The van der Waals surface area contributed by atoms with Crippen molar-refractivity contribution in [2.45, 2.75) is 25.7 Å². The van der Waals surface area contributed by atoms with Crippen molar-refractivity contribution in [1.29, 1.82) is 5.41 Å². The second-order valence-corrected chi connectivity index (χ2v) is 2.30. The molecule has 0 fully saturated rings. The summed E-state index contributed by atoms with van der Waals surface area (Å²) in [5.41, 5.74) is 5.32. The molecule has 0 atom stereocenters. The molecule has 3 heteroatoms. The quantitative estimate of drug-likeness (QED) is 0.279. The molecule has 0 aromatic rings. The maximum atomic E-state index is 6.66. The topological polar surface area (TPSA) is 61.9 Å². The van der Waals surface area contributed by atoms with Gasteiger partial charge < -0.3 is 11.1 Å². The predicted octanol–water partition coefficient (Wildman–Crippen LogP) is 0.702. The standard InChI is InChI=1S/C7H17N3/c8-5-3-1-2-4-6-10-7-9/h7H,1-6,8H2,(H2,9,10). The van der Waals surface area contributed by atoms with Gasteiger partial charge in [-0.05, 0) is 19.4 Å². The first-order chi connectivity index (χ1) is 4.91. The Morgan fingerprint density at radius 1 is 1.20 bits per heavy atom. The van der Waals surface area contributed by atoms with Crippen LogP contribution in [0.1, 0.15) is 25.7 Å². The Kier molecular flexibility index (Phi) is 7.95. The minimum Gasteiger partial charge on any atom is -0.377 e. The lowest BCUT2D eigenvalue weighted by molar-refractivity contribution is 0.638. The van der Waals surface area contributed by atoms with E-state index in [0.717, 1.165) is 25.9 Å². The van der Waals surface area contributed by atoms with Gasteiger partial charge in [-0.25, -0.2) is 0 Å². The van der Waals surface area contributed by atoms with E-state index in [2.05, 4.69) is 5.32 Å². The molecule has 0 unspecified atom stereocenters. The maximum Gasteiger partial charge on any atom is 0.0791 e. The summed E-state index contributed by atoms with van der Waals surface area (Å²) >= 11 is 0. The summed E-state index contributed by atoms with van der Waals surface area (Å²) in [6.07, 6.45) is 5.96. The number of unbranched alkanes of at least 4 members (excludes halogenated alkanes) is 3. The van der Waals surface area contributed by atoms with Crippen molar-refractivity contribution in [3.63, 3.8) is 0 Å². The molecular weight excluding hydrogens is 126 g/mol. The van der Waals surface area contributed by atoms with Crippen LogP contribution in [-0.2, 0) is 0 Å². The fourth-order valence-corrected chi connectivity index (χ4v) is 0.797. The van der Waals surface area contributed by atoms with Gasteiger partial charge in [-0.1, -0.05) is 12.8 Å². The molecule has 0 aliphatic heterocycles. The SMILES string of the molecule is N=CNCCCCCCN. The highest BCUT2D eigenvalue weighted by Gasteiger charge is 1.86. The van der Waals surface area contributed by atoms with Gasteiger partial charge in [0.1, 0.15) is 0 Å². The van der Waals surface area contributed by atoms with Gasteiger partial charge in [0.2, 0.25) is 0 Å². The molecule has 0 aromatic heterocycles. The number of hydrogen-bond donors (Lipinski definition) is 3. The lowest BCUT2D eigenvalue weighted by atomic mass is 10.2. The van der Waals surface area contributed by atoms with Gasteiger partial charge >= 0.3 is 0 Å². The van der Waals surface area contributed by atoms with Crippen LogP contribution in [-0.4, -0.2) is 19.4 Å². The zero-order valence-electron chi connectivity index (χ0n) is 6.40. The van der Waals surface area contributed by atoms with Crippen LogP contribution in [0.2, 0.25) is 0 Å². The molecule has 0 saturated carbocycles. The second kappa shape index (κ2) is 8.43. The van der Waals surface area contributed by atoms with E-state index >= 15 is 0 Å². The molecule has 0 saturated heterocycles. The molecule has 0 amide bonds. The highest BCUT2D eigenvalue weighted by Crippen LogP contribution is 1.96. The van der Waals surface area contributed by atoms with Crippen LogP contribution in [0.15, 0.2) is 0 Å². The first-order valence-corrected chi connectivity index (χ1v) is 3.84. The van der Waals surface area contributed by atoms with Crippen LogP contribution in [0.5, 0.6) is 0 Å². The summed E-state index contributed by atoms with van der Waals surface area (Å²) in [6.45, 7) is 1.73. The van der Waals surface area contributed by atoms with Crippen molar-refractivity contribution in [2.75, 3.05) is 13.1 Å². The summed E-state index contributed by atoms with van der Waals surface area (Å²) in [5, 5.41) is 9.50.